The van der Waals surface area contributed by atoms with Crippen LogP contribution in [0.15, 0.2) is 54.6 Å². The van der Waals surface area contributed by atoms with Crippen LogP contribution >= 0.6 is 0 Å². The van der Waals surface area contributed by atoms with Crippen LogP contribution in [0.3, 0.4) is 0 Å². The average molecular weight is 521 g/mol. The number of nitrogens with zero attached hydrogens (tertiary/aromatic N) is 2. The summed E-state index contributed by atoms with van der Waals surface area (Å²) in [7, 11) is 0. The maximum Gasteiger partial charge on any atom is 0.573 e. The Morgan fingerprint density at radius 1 is 1.00 bits per heavy atom. The van der Waals surface area contributed by atoms with Gasteiger partial charge in [-0.05, 0) is 42.2 Å². The number of carbonyl (C=O) groups excluding carboxylic acids is 3. The van der Waals surface area contributed by atoms with Gasteiger partial charge in [0.1, 0.15) is 5.75 Å². The normalized spacial score (nSPS) is 20.1. The van der Waals surface area contributed by atoms with Crippen molar-refractivity contribution < 1.29 is 37.0 Å². The Morgan fingerprint density at radius 2 is 1.68 bits per heavy atom. The molecule has 198 valence electrons. The SMILES string of the molecule is O=C(NN(C(=O)C1CNCC(c2ccc(OC(F)(F)F)cc2)C1)C(=O)N1CCOCC1)c1ccccc1. The standard InChI is InChI=1S/C25H27F3N4O5/c26-25(27,28)37-21-8-6-17(7-9-21)19-14-20(16-29-15-19)23(34)32(24(35)31-10-12-36-13-11-31)30-22(33)18-4-2-1-3-5-18/h1-9,19-20,29H,10-16H2,(H,30,33). The third-order valence-corrected chi connectivity index (χ3v) is 6.23. The zero-order chi connectivity index (χ0) is 26.4. The summed E-state index contributed by atoms with van der Waals surface area (Å²) in [5, 5.41) is 3.93. The van der Waals surface area contributed by atoms with Gasteiger partial charge in [0.05, 0.1) is 19.1 Å². The lowest BCUT2D eigenvalue weighted by Gasteiger charge is -2.35. The molecule has 2 N–H and O–H groups in total. The maximum atomic E-state index is 13.6. The molecule has 2 unspecified atom stereocenters. The number of urea groups is 1. The molecule has 0 radical (unpaired) electrons. The number of amides is 4. The van der Waals surface area contributed by atoms with E-state index in [0.29, 0.717) is 26.2 Å². The molecule has 0 spiro atoms. The van der Waals surface area contributed by atoms with E-state index in [4.69, 9.17) is 4.74 Å². The van der Waals surface area contributed by atoms with E-state index in [9.17, 15) is 27.6 Å². The summed E-state index contributed by atoms with van der Waals surface area (Å²) >= 11 is 0. The van der Waals surface area contributed by atoms with E-state index in [1.165, 1.54) is 29.2 Å². The number of morpholine rings is 1. The van der Waals surface area contributed by atoms with Crippen molar-refractivity contribution in [1.82, 2.24) is 20.7 Å². The van der Waals surface area contributed by atoms with Crippen LogP contribution in [0.5, 0.6) is 5.75 Å². The number of alkyl halides is 3. The van der Waals surface area contributed by atoms with Crippen molar-refractivity contribution in [2.45, 2.75) is 18.7 Å². The molecule has 4 rings (SSSR count). The van der Waals surface area contributed by atoms with Gasteiger partial charge >= 0.3 is 12.4 Å². The van der Waals surface area contributed by atoms with E-state index in [1.54, 1.807) is 30.3 Å². The zero-order valence-electron chi connectivity index (χ0n) is 19.9. The highest BCUT2D eigenvalue weighted by atomic mass is 19.4. The second-order valence-electron chi connectivity index (χ2n) is 8.77. The van der Waals surface area contributed by atoms with Crippen LogP contribution in [0.25, 0.3) is 0 Å². The summed E-state index contributed by atoms with van der Waals surface area (Å²) in [4.78, 5) is 41.2. The molecule has 2 fully saturated rings. The fourth-order valence-electron chi connectivity index (χ4n) is 4.36. The van der Waals surface area contributed by atoms with Gasteiger partial charge in [-0.15, -0.1) is 13.2 Å². The number of ether oxygens (including phenoxy) is 2. The number of halogens is 3. The largest absolute Gasteiger partial charge is 0.573 e. The van der Waals surface area contributed by atoms with Crippen molar-refractivity contribution in [3.05, 3.63) is 65.7 Å². The first kappa shape index (κ1) is 26.4. The molecule has 0 bridgehead atoms. The van der Waals surface area contributed by atoms with Gasteiger partial charge in [-0.3, -0.25) is 15.0 Å². The van der Waals surface area contributed by atoms with Crippen LogP contribution in [-0.4, -0.2) is 73.5 Å². The van der Waals surface area contributed by atoms with Gasteiger partial charge in [0, 0.05) is 31.7 Å². The van der Waals surface area contributed by atoms with Crippen molar-refractivity contribution in [2.24, 2.45) is 5.92 Å². The Balaban J connectivity index is 1.49. The molecule has 2 aliphatic rings. The molecular weight excluding hydrogens is 493 g/mol. The Bertz CT molecular complexity index is 1090. The number of benzene rings is 2. The predicted molar refractivity (Wildman–Crippen MR) is 125 cm³/mol. The Morgan fingerprint density at radius 3 is 2.32 bits per heavy atom. The first-order valence-corrected chi connectivity index (χ1v) is 11.8. The van der Waals surface area contributed by atoms with Gasteiger partial charge in [0.2, 0.25) is 0 Å². The number of hydrogen-bond donors (Lipinski definition) is 2. The molecule has 4 amide bonds. The summed E-state index contributed by atoms with van der Waals surface area (Å²) in [6, 6.07) is 13.1. The lowest BCUT2D eigenvalue weighted by atomic mass is 9.85. The quantitative estimate of drug-likeness (QED) is 0.602. The Labute approximate surface area is 211 Å². The summed E-state index contributed by atoms with van der Waals surface area (Å²) < 4.78 is 46.6. The van der Waals surface area contributed by atoms with E-state index >= 15 is 0 Å². The van der Waals surface area contributed by atoms with Crippen LogP contribution in [0.4, 0.5) is 18.0 Å². The van der Waals surface area contributed by atoms with Gasteiger partial charge in [-0.1, -0.05) is 30.3 Å². The Kier molecular flexibility index (Phi) is 8.29. The smallest absolute Gasteiger partial charge is 0.406 e. The molecular formula is C25H27F3N4O5. The fraction of sp³-hybridized carbons (Fsp3) is 0.400. The second kappa shape index (κ2) is 11.6. The van der Waals surface area contributed by atoms with E-state index in [0.717, 1.165) is 10.6 Å². The molecule has 9 nitrogen and oxygen atoms in total. The van der Waals surface area contributed by atoms with Gasteiger partial charge in [-0.2, -0.15) is 5.01 Å². The van der Waals surface area contributed by atoms with Crippen molar-refractivity contribution in [1.29, 1.82) is 0 Å². The number of nitrogens with one attached hydrogen (secondary N) is 2. The molecule has 0 aromatic heterocycles. The number of piperidine rings is 1. The molecule has 0 aliphatic carbocycles. The highest BCUT2D eigenvalue weighted by Gasteiger charge is 2.37. The van der Waals surface area contributed by atoms with Gasteiger partial charge in [0.25, 0.3) is 11.8 Å². The summed E-state index contributed by atoms with van der Waals surface area (Å²) in [6.45, 7) is 1.97. The molecule has 2 aromatic rings. The van der Waals surface area contributed by atoms with Gasteiger partial charge < -0.3 is 19.7 Å². The minimum absolute atomic E-state index is 0.201. The van der Waals surface area contributed by atoms with Gasteiger partial charge in [0.15, 0.2) is 0 Å². The number of rotatable bonds is 4. The molecule has 2 aliphatic heterocycles. The number of hydrazine groups is 1. The van der Waals surface area contributed by atoms with E-state index in [2.05, 4.69) is 15.5 Å². The minimum atomic E-state index is -4.79. The fourth-order valence-corrected chi connectivity index (χ4v) is 4.36. The number of carbonyl (C=O) groups is 3. The molecule has 12 heteroatoms. The third-order valence-electron chi connectivity index (χ3n) is 6.23. The average Bonchev–Trinajstić information content (AvgIpc) is 2.91. The van der Waals surface area contributed by atoms with Crippen molar-refractivity contribution in [2.75, 3.05) is 39.4 Å². The lowest BCUT2D eigenvalue weighted by Crippen LogP contribution is -2.59. The molecule has 37 heavy (non-hydrogen) atoms. The van der Waals surface area contributed by atoms with E-state index in [-0.39, 0.29) is 36.9 Å². The first-order valence-electron chi connectivity index (χ1n) is 11.8. The summed E-state index contributed by atoms with van der Waals surface area (Å²) in [6.07, 6.45) is -4.45. The molecule has 2 atom stereocenters. The van der Waals surface area contributed by atoms with Gasteiger partial charge in [-0.25, -0.2) is 4.79 Å². The highest BCUT2D eigenvalue weighted by molar-refractivity contribution is 6.01. The number of hydrogen-bond acceptors (Lipinski definition) is 6. The van der Waals surface area contributed by atoms with Crippen LogP contribution in [-0.2, 0) is 9.53 Å². The molecule has 2 heterocycles. The third kappa shape index (κ3) is 6.98. The minimum Gasteiger partial charge on any atom is -0.406 e. The summed E-state index contributed by atoms with van der Waals surface area (Å²) in [5.74, 6) is -2.37. The Hall–Kier alpha value is -3.64. The van der Waals surface area contributed by atoms with E-state index in [1.807, 2.05) is 0 Å². The molecule has 2 aromatic carbocycles. The summed E-state index contributed by atoms with van der Waals surface area (Å²) in [5.41, 5.74) is 3.48. The monoisotopic (exact) mass is 520 g/mol. The maximum absolute atomic E-state index is 13.6. The number of imide groups is 1. The zero-order valence-corrected chi connectivity index (χ0v) is 19.9. The molecule has 0 saturated carbocycles. The van der Waals surface area contributed by atoms with Crippen LogP contribution in [0.2, 0.25) is 0 Å². The van der Waals surface area contributed by atoms with Crippen LogP contribution in [0, 0.1) is 5.92 Å². The van der Waals surface area contributed by atoms with Crippen molar-refractivity contribution >= 4 is 17.8 Å². The van der Waals surface area contributed by atoms with Crippen molar-refractivity contribution in [3.8, 4) is 5.75 Å². The predicted octanol–water partition coefficient (Wildman–Crippen LogP) is 2.90. The highest BCUT2D eigenvalue weighted by Crippen LogP contribution is 2.30. The van der Waals surface area contributed by atoms with E-state index < -0.39 is 30.1 Å². The lowest BCUT2D eigenvalue weighted by molar-refractivity contribution is -0.274. The van der Waals surface area contributed by atoms with Crippen LogP contribution in [0.1, 0.15) is 28.3 Å². The van der Waals surface area contributed by atoms with Crippen molar-refractivity contribution in [3.63, 3.8) is 0 Å². The molecule has 2 saturated heterocycles. The van der Waals surface area contributed by atoms with Crippen LogP contribution < -0.4 is 15.5 Å². The second-order valence-corrected chi connectivity index (χ2v) is 8.77. The first-order chi connectivity index (χ1) is 17.7. The topological polar surface area (TPSA) is 100 Å².